The molecule has 4 heteroatoms. The number of methoxy groups -OCH3 is 2. The summed E-state index contributed by atoms with van der Waals surface area (Å²) in [5.41, 5.74) is 7.79. The first-order chi connectivity index (χ1) is 8.76. The number of hydrogen-bond acceptors (Lipinski definition) is 4. The maximum Gasteiger partial charge on any atom is 0.0589 e. The van der Waals surface area contributed by atoms with Crippen LogP contribution in [-0.2, 0) is 15.9 Å². The van der Waals surface area contributed by atoms with Crippen molar-refractivity contribution < 1.29 is 9.47 Å². The molecule has 1 aromatic rings. The monoisotopic (exact) mass is 252 g/mol. The molecular weight excluding hydrogens is 228 g/mol. The van der Waals surface area contributed by atoms with Gasteiger partial charge < -0.3 is 15.2 Å². The zero-order chi connectivity index (χ0) is 13.2. The third kappa shape index (κ3) is 6.00. The van der Waals surface area contributed by atoms with Gasteiger partial charge in [-0.15, -0.1) is 0 Å². The van der Waals surface area contributed by atoms with Crippen molar-refractivity contribution in [1.29, 1.82) is 0 Å². The van der Waals surface area contributed by atoms with Crippen LogP contribution in [0.4, 0.5) is 5.69 Å². The summed E-state index contributed by atoms with van der Waals surface area (Å²) in [6.07, 6.45) is 1.02. The molecule has 0 aliphatic heterocycles. The highest BCUT2D eigenvalue weighted by Crippen LogP contribution is 2.06. The molecule has 0 amide bonds. The lowest BCUT2D eigenvalue weighted by molar-refractivity contribution is 0.115. The highest BCUT2D eigenvalue weighted by atomic mass is 16.5. The lowest BCUT2D eigenvalue weighted by atomic mass is 10.1. The van der Waals surface area contributed by atoms with Crippen molar-refractivity contribution in [3.05, 3.63) is 29.8 Å². The Morgan fingerprint density at radius 1 is 0.944 bits per heavy atom. The average Bonchev–Trinajstić information content (AvgIpc) is 2.40. The van der Waals surface area contributed by atoms with E-state index in [2.05, 4.69) is 17.0 Å². The van der Waals surface area contributed by atoms with Gasteiger partial charge in [-0.25, -0.2) is 0 Å². The second-order valence-corrected chi connectivity index (χ2v) is 4.32. The Kier molecular flexibility index (Phi) is 7.41. The van der Waals surface area contributed by atoms with E-state index in [1.807, 2.05) is 12.1 Å². The lowest BCUT2D eigenvalue weighted by Crippen LogP contribution is -2.32. The number of nitrogens with zero attached hydrogens (tertiary/aromatic N) is 1. The Morgan fingerprint density at radius 3 is 2.00 bits per heavy atom. The SMILES string of the molecule is COCCN(CCOC)CCc1ccc(N)cc1. The van der Waals surface area contributed by atoms with Crippen LogP contribution in [0.15, 0.2) is 24.3 Å². The van der Waals surface area contributed by atoms with Crippen molar-refractivity contribution in [3.63, 3.8) is 0 Å². The molecule has 0 spiro atoms. The Hall–Kier alpha value is -1.10. The Labute approximate surface area is 110 Å². The largest absolute Gasteiger partial charge is 0.399 e. The van der Waals surface area contributed by atoms with Crippen LogP contribution in [0, 0.1) is 0 Å². The standard InChI is InChI=1S/C14H24N2O2/c1-17-11-9-16(10-12-18-2)8-7-13-3-5-14(15)6-4-13/h3-6H,7-12,15H2,1-2H3. The molecule has 2 N–H and O–H groups in total. The Bertz CT molecular complexity index is 306. The van der Waals surface area contributed by atoms with Gasteiger partial charge in [0.25, 0.3) is 0 Å². The van der Waals surface area contributed by atoms with Gasteiger partial charge in [0.2, 0.25) is 0 Å². The topological polar surface area (TPSA) is 47.7 Å². The normalized spacial score (nSPS) is 11.1. The summed E-state index contributed by atoms with van der Waals surface area (Å²) < 4.78 is 10.2. The van der Waals surface area contributed by atoms with Crippen LogP contribution >= 0.6 is 0 Å². The number of nitrogens with two attached hydrogens (primary N) is 1. The van der Waals surface area contributed by atoms with Gasteiger partial charge in [-0.1, -0.05) is 12.1 Å². The van der Waals surface area contributed by atoms with Crippen LogP contribution in [0.3, 0.4) is 0 Å². The van der Waals surface area contributed by atoms with Crippen molar-refractivity contribution in [2.45, 2.75) is 6.42 Å². The number of hydrogen-bond donors (Lipinski definition) is 1. The lowest BCUT2D eigenvalue weighted by Gasteiger charge is -2.21. The van der Waals surface area contributed by atoms with Crippen LogP contribution < -0.4 is 5.73 Å². The number of rotatable bonds is 9. The Balaban J connectivity index is 2.37. The fourth-order valence-corrected chi connectivity index (χ4v) is 1.75. The van der Waals surface area contributed by atoms with E-state index in [1.165, 1.54) is 5.56 Å². The van der Waals surface area contributed by atoms with Gasteiger partial charge in [0.05, 0.1) is 13.2 Å². The maximum atomic E-state index is 5.67. The molecule has 102 valence electrons. The predicted octanol–water partition coefficient (Wildman–Crippen LogP) is 1.41. The van der Waals surface area contributed by atoms with Gasteiger partial charge >= 0.3 is 0 Å². The molecule has 0 aliphatic carbocycles. The fraction of sp³-hybridized carbons (Fsp3) is 0.571. The molecule has 0 aliphatic rings. The van der Waals surface area contributed by atoms with Crippen LogP contribution in [0.25, 0.3) is 0 Å². The first-order valence-electron chi connectivity index (χ1n) is 6.31. The third-order valence-corrected chi connectivity index (χ3v) is 2.92. The molecule has 0 saturated carbocycles. The molecule has 0 unspecified atom stereocenters. The summed E-state index contributed by atoms with van der Waals surface area (Å²) in [5, 5.41) is 0. The number of ether oxygens (including phenoxy) is 2. The quantitative estimate of drug-likeness (QED) is 0.675. The van der Waals surface area contributed by atoms with E-state index in [4.69, 9.17) is 15.2 Å². The summed E-state index contributed by atoms with van der Waals surface area (Å²) in [6.45, 7) is 4.40. The number of anilines is 1. The summed E-state index contributed by atoms with van der Waals surface area (Å²) in [6, 6.07) is 8.06. The Morgan fingerprint density at radius 2 is 1.50 bits per heavy atom. The molecule has 0 saturated heterocycles. The van der Waals surface area contributed by atoms with Gasteiger partial charge in [-0.3, -0.25) is 4.90 Å². The molecule has 0 aromatic heterocycles. The minimum Gasteiger partial charge on any atom is -0.399 e. The number of nitrogen functional groups attached to an aromatic ring is 1. The van der Waals surface area contributed by atoms with E-state index in [0.29, 0.717) is 0 Å². The minimum absolute atomic E-state index is 0.755. The summed E-state index contributed by atoms with van der Waals surface area (Å²) in [7, 11) is 3.46. The van der Waals surface area contributed by atoms with Gasteiger partial charge in [-0.2, -0.15) is 0 Å². The molecule has 0 bridgehead atoms. The average molecular weight is 252 g/mol. The third-order valence-electron chi connectivity index (χ3n) is 2.92. The van der Waals surface area contributed by atoms with E-state index < -0.39 is 0 Å². The predicted molar refractivity (Wildman–Crippen MR) is 74.8 cm³/mol. The van der Waals surface area contributed by atoms with Crippen molar-refractivity contribution in [2.75, 3.05) is 52.8 Å². The van der Waals surface area contributed by atoms with Gasteiger partial charge in [0.15, 0.2) is 0 Å². The molecular formula is C14H24N2O2. The smallest absolute Gasteiger partial charge is 0.0589 e. The van der Waals surface area contributed by atoms with E-state index in [0.717, 1.165) is 45.0 Å². The molecule has 0 radical (unpaired) electrons. The minimum atomic E-state index is 0.755. The van der Waals surface area contributed by atoms with Crippen molar-refractivity contribution >= 4 is 5.69 Å². The van der Waals surface area contributed by atoms with Crippen molar-refractivity contribution in [1.82, 2.24) is 4.90 Å². The van der Waals surface area contributed by atoms with Gasteiger partial charge in [-0.05, 0) is 24.1 Å². The molecule has 18 heavy (non-hydrogen) atoms. The zero-order valence-corrected chi connectivity index (χ0v) is 11.4. The second-order valence-electron chi connectivity index (χ2n) is 4.32. The van der Waals surface area contributed by atoms with Crippen LogP contribution in [0.2, 0.25) is 0 Å². The van der Waals surface area contributed by atoms with Crippen molar-refractivity contribution in [2.24, 2.45) is 0 Å². The van der Waals surface area contributed by atoms with Gasteiger partial charge in [0.1, 0.15) is 0 Å². The van der Waals surface area contributed by atoms with E-state index in [1.54, 1.807) is 14.2 Å². The van der Waals surface area contributed by atoms with E-state index in [9.17, 15) is 0 Å². The molecule has 1 rings (SSSR count). The molecule has 0 heterocycles. The van der Waals surface area contributed by atoms with Crippen LogP contribution in [0.1, 0.15) is 5.56 Å². The van der Waals surface area contributed by atoms with Crippen LogP contribution in [-0.4, -0.2) is 52.0 Å². The first kappa shape index (κ1) is 15.0. The zero-order valence-electron chi connectivity index (χ0n) is 11.4. The molecule has 1 aromatic carbocycles. The van der Waals surface area contributed by atoms with Crippen LogP contribution in [0.5, 0.6) is 0 Å². The highest BCUT2D eigenvalue weighted by Gasteiger charge is 2.04. The molecule has 0 atom stereocenters. The maximum absolute atomic E-state index is 5.67. The van der Waals surface area contributed by atoms with E-state index >= 15 is 0 Å². The summed E-state index contributed by atoms with van der Waals surface area (Å²) in [5.74, 6) is 0. The summed E-state index contributed by atoms with van der Waals surface area (Å²) >= 11 is 0. The van der Waals surface area contributed by atoms with Crippen molar-refractivity contribution in [3.8, 4) is 0 Å². The second kappa shape index (κ2) is 8.91. The molecule has 4 nitrogen and oxygen atoms in total. The van der Waals surface area contributed by atoms with E-state index in [-0.39, 0.29) is 0 Å². The number of benzene rings is 1. The fourth-order valence-electron chi connectivity index (χ4n) is 1.75. The summed E-state index contributed by atoms with van der Waals surface area (Å²) in [4.78, 5) is 2.35. The van der Waals surface area contributed by atoms with Gasteiger partial charge in [0, 0.05) is 39.5 Å². The first-order valence-corrected chi connectivity index (χ1v) is 6.31. The molecule has 0 fully saturated rings. The highest BCUT2D eigenvalue weighted by molar-refractivity contribution is 5.39.